The number of thiazole rings is 1. The molecule has 0 radical (unpaired) electrons. The van der Waals surface area contributed by atoms with Gasteiger partial charge in [0.05, 0.1) is 9.30 Å². The maximum atomic E-state index is 4.11. The predicted molar refractivity (Wildman–Crippen MR) is 74.4 cm³/mol. The number of aromatic nitrogens is 1. The molecule has 86 valence electrons. The Bertz CT molecular complexity index is 431. The van der Waals surface area contributed by atoms with Crippen LogP contribution in [0.25, 0.3) is 0 Å². The van der Waals surface area contributed by atoms with Gasteiger partial charge < -0.3 is 5.32 Å². The molecule has 0 aliphatic carbocycles. The molecule has 0 aliphatic rings. The molecule has 2 heterocycles. The van der Waals surface area contributed by atoms with E-state index in [0.29, 0.717) is 6.04 Å². The zero-order chi connectivity index (χ0) is 11.5. The summed E-state index contributed by atoms with van der Waals surface area (Å²) in [6.45, 7) is 2.13. The molecule has 0 bridgehead atoms. The minimum atomic E-state index is 0.385. The maximum absolute atomic E-state index is 4.11. The fourth-order valence-corrected chi connectivity index (χ4v) is 3.87. The molecule has 16 heavy (non-hydrogen) atoms. The molecule has 0 saturated heterocycles. The first-order chi connectivity index (χ1) is 7.70. The van der Waals surface area contributed by atoms with E-state index in [1.54, 1.807) is 11.3 Å². The number of hydrogen-bond acceptors (Lipinski definition) is 4. The first kappa shape index (κ1) is 12.2. The monoisotopic (exact) mass is 316 g/mol. The summed E-state index contributed by atoms with van der Waals surface area (Å²) in [6, 6.07) is 2.63. The van der Waals surface area contributed by atoms with Gasteiger partial charge in [0.1, 0.15) is 0 Å². The summed E-state index contributed by atoms with van der Waals surface area (Å²) < 4.78 is 1.23. The van der Waals surface area contributed by atoms with E-state index in [-0.39, 0.29) is 0 Å². The highest BCUT2D eigenvalue weighted by Gasteiger charge is 2.14. The number of likely N-dealkylation sites (N-methyl/N-ethyl adjacent to an activating group) is 1. The van der Waals surface area contributed by atoms with Gasteiger partial charge in [0.25, 0.3) is 0 Å². The Morgan fingerprint density at radius 1 is 1.56 bits per heavy atom. The summed E-state index contributed by atoms with van der Waals surface area (Å²) in [6.07, 6.45) is 2.96. The van der Waals surface area contributed by atoms with Crippen molar-refractivity contribution in [1.29, 1.82) is 0 Å². The van der Waals surface area contributed by atoms with Crippen molar-refractivity contribution in [3.63, 3.8) is 0 Å². The third-order valence-electron chi connectivity index (χ3n) is 2.46. The van der Waals surface area contributed by atoms with E-state index < -0.39 is 0 Å². The van der Waals surface area contributed by atoms with E-state index in [0.717, 1.165) is 6.42 Å². The van der Waals surface area contributed by atoms with Crippen molar-refractivity contribution in [1.82, 2.24) is 10.3 Å². The lowest BCUT2D eigenvalue weighted by atomic mass is 10.1. The summed E-state index contributed by atoms with van der Waals surface area (Å²) >= 11 is 7.09. The van der Waals surface area contributed by atoms with Crippen LogP contribution < -0.4 is 5.32 Å². The molecule has 0 aliphatic heterocycles. The molecule has 0 amide bonds. The fraction of sp³-hybridized carbons (Fsp3) is 0.364. The van der Waals surface area contributed by atoms with Crippen LogP contribution in [-0.4, -0.2) is 12.0 Å². The molecule has 2 aromatic heterocycles. The highest BCUT2D eigenvalue weighted by Crippen LogP contribution is 2.33. The van der Waals surface area contributed by atoms with Gasteiger partial charge in [0.15, 0.2) is 0 Å². The maximum Gasteiger partial charge on any atom is 0.0794 e. The summed E-state index contributed by atoms with van der Waals surface area (Å²) in [5.74, 6) is 0. The smallest absolute Gasteiger partial charge is 0.0794 e. The molecule has 2 aromatic rings. The number of halogens is 1. The number of hydrogen-bond donors (Lipinski definition) is 1. The van der Waals surface area contributed by atoms with Gasteiger partial charge in [-0.15, -0.1) is 22.7 Å². The number of nitrogens with one attached hydrogen (secondary N) is 1. The first-order valence-electron chi connectivity index (χ1n) is 5.01. The molecule has 0 aromatic carbocycles. The van der Waals surface area contributed by atoms with Crippen LogP contribution in [0.3, 0.4) is 0 Å². The molecule has 2 nitrogen and oxygen atoms in total. The molecule has 0 spiro atoms. The standard InChI is InChI=1S/C11H13BrN2S2/c1-7-3-10(16-11(7)12)9(13-2)4-8-5-14-6-15-8/h3,5-6,9,13H,4H2,1-2H3. The average Bonchev–Trinajstić information content (AvgIpc) is 2.86. The van der Waals surface area contributed by atoms with E-state index in [4.69, 9.17) is 0 Å². The van der Waals surface area contributed by atoms with Crippen molar-refractivity contribution in [2.24, 2.45) is 0 Å². The second-order valence-corrected chi connectivity index (χ2v) is 6.99. The molecule has 5 heteroatoms. The van der Waals surface area contributed by atoms with Gasteiger partial charge in [0, 0.05) is 28.4 Å². The predicted octanol–water partition coefficient (Wildman–Crippen LogP) is 3.78. The molecule has 0 fully saturated rings. The van der Waals surface area contributed by atoms with Gasteiger partial charge in [-0.3, -0.25) is 4.98 Å². The molecule has 0 saturated carbocycles. The third-order valence-corrected chi connectivity index (χ3v) is 5.51. The molecule has 1 atom stereocenters. The van der Waals surface area contributed by atoms with Gasteiger partial charge in [0.2, 0.25) is 0 Å². The highest BCUT2D eigenvalue weighted by atomic mass is 79.9. The van der Waals surface area contributed by atoms with Crippen molar-refractivity contribution in [3.8, 4) is 0 Å². The normalized spacial score (nSPS) is 12.9. The highest BCUT2D eigenvalue weighted by molar-refractivity contribution is 9.11. The quantitative estimate of drug-likeness (QED) is 0.928. The minimum absolute atomic E-state index is 0.385. The van der Waals surface area contributed by atoms with Crippen molar-refractivity contribution in [2.45, 2.75) is 19.4 Å². The Morgan fingerprint density at radius 3 is 2.88 bits per heavy atom. The Kier molecular flexibility index (Phi) is 4.13. The lowest BCUT2D eigenvalue weighted by Crippen LogP contribution is -2.17. The molecular weight excluding hydrogens is 304 g/mol. The van der Waals surface area contributed by atoms with Crippen LogP contribution in [0.1, 0.15) is 21.4 Å². The van der Waals surface area contributed by atoms with E-state index in [9.17, 15) is 0 Å². The van der Waals surface area contributed by atoms with Gasteiger partial charge in [-0.05, 0) is 41.5 Å². The van der Waals surface area contributed by atoms with E-state index in [2.05, 4.69) is 39.2 Å². The summed E-state index contributed by atoms with van der Waals surface area (Å²) in [5, 5.41) is 3.37. The van der Waals surface area contributed by atoms with Crippen LogP contribution in [0, 0.1) is 6.92 Å². The van der Waals surface area contributed by atoms with Gasteiger partial charge in [-0.1, -0.05) is 0 Å². The molecule has 1 unspecified atom stereocenters. The zero-order valence-electron chi connectivity index (χ0n) is 9.16. The zero-order valence-corrected chi connectivity index (χ0v) is 12.4. The van der Waals surface area contributed by atoms with E-state index in [1.165, 1.54) is 19.1 Å². The Hall–Kier alpha value is -0.230. The topological polar surface area (TPSA) is 24.9 Å². The molecular formula is C11H13BrN2S2. The summed E-state index contributed by atoms with van der Waals surface area (Å²) in [4.78, 5) is 6.81. The van der Waals surface area contributed by atoms with Crippen molar-refractivity contribution >= 4 is 38.6 Å². The Morgan fingerprint density at radius 2 is 2.38 bits per heavy atom. The third kappa shape index (κ3) is 2.71. The van der Waals surface area contributed by atoms with Gasteiger partial charge >= 0.3 is 0 Å². The molecule has 2 rings (SSSR count). The van der Waals surface area contributed by atoms with Crippen LogP contribution in [0.4, 0.5) is 0 Å². The Labute approximate surface area is 112 Å². The van der Waals surface area contributed by atoms with Crippen molar-refractivity contribution in [2.75, 3.05) is 7.05 Å². The van der Waals surface area contributed by atoms with Crippen LogP contribution in [-0.2, 0) is 6.42 Å². The number of thiophene rings is 1. The SMILES string of the molecule is CNC(Cc1cncs1)c1cc(C)c(Br)s1. The van der Waals surface area contributed by atoms with E-state index in [1.807, 2.05) is 30.1 Å². The summed E-state index contributed by atoms with van der Waals surface area (Å²) in [7, 11) is 2.01. The number of nitrogens with zero attached hydrogens (tertiary/aromatic N) is 1. The van der Waals surface area contributed by atoms with Crippen LogP contribution >= 0.6 is 38.6 Å². The number of aryl methyl sites for hydroxylation is 1. The average molecular weight is 317 g/mol. The largest absolute Gasteiger partial charge is 0.312 e. The minimum Gasteiger partial charge on any atom is -0.312 e. The lowest BCUT2D eigenvalue weighted by Gasteiger charge is -2.12. The number of rotatable bonds is 4. The Balaban J connectivity index is 2.16. The summed E-state index contributed by atoms with van der Waals surface area (Å²) in [5.41, 5.74) is 3.20. The fourth-order valence-electron chi connectivity index (χ4n) is 1.54. The van der Waals surface area contributed by atoms with E-state index >= 15 is 0 Å². The van der Waals surface area contributed by atoms with Crippen LogP contribution in [0.15, 0.2) is 21.6 Å². The van der Waals surface area contributed by atoms with Crippen LogP contribution in [0.2, 0.25) is 0 Å². The second-order valence-electron chi connectivity index (χ2n) is 3.62. The molecule has 1 N–H and O–H groups in total. The van der Waals surface area contributed by atoms with Gasteiger partial charge in [-0.2, -0.15) is 0 Å². The van der Waals surface area contributed by atoms with Gasteiger partial charge in [-0.25, -0.2) is 0 Å². The van der Waals surface area contributed by atoms with Crippen molar-refractivity contribution in [3.05, 3.63) is 36.9 Å². The first-order valence-corrected chi connectivity index (χ1v) is 7.50. The van der Waals surface area contributed by atoms with Crippen molar-refractivity contribution < 1.29 is 0 Å². The lowest BCUT2D eigenvalue weighted by molar-refractivity contribution is 0.606. The van der Waals surface area contributed by atoms with Crippen LogP contribution in [0.5, 0.6) is 0 Å². The second kappa shape index (κ2) is 5.40.